The van der Waals surface area contributed by atoms with E-state index in [9.17, 15) is 4.79 Å². The van der Waals surface area contributed by atoms with Gasteiger partial charge in [-0.2, -0.15) is 4.98 Å². The van der Waals surface area contributed by atoms with Gasteiger partial charge < -0.3 is 15.5 Å². The molecule has 1 amide bonds. The van der Waals surface area contributed by atoms with E-state index in [4.69, 9.17) is 9.97 Å². The lowest BCUT2D eigenvalue weighted by molar-refractivity contribution is 0.0926. The van der Waals surface area contributed by atoms with Crippen LogP contribution < -0.4 is 15.5 Å². The van der Waals surface area contributed by atoms with E-state index >= 15 is 0 Å². The average molecular weight is 488 g/mol. The van der Waals surface area contributed by atoms with Crippen LogP contribution in [0.4, 0.5) is 11.8 Å². The van der Waals surface area contributed by atoms with Crippen LogP contribution in [0.5, 0.6) is 0 Å². The highest BCUT2D eigenvalue weighted by Gasteiger charge is 2.24. The number of nitrogens with zero attached hydrogens (tertiary/aromatic N) is 3. The minimum Gasteiger partial charge on any atom is -0.362 e. The molecule has 4 rings (SSSR count). The van der Waals surface area contributed by atoms with Gasteiger partial charge in [0.15, 0.2) is 0 Å². The number of carbonyl (C=O) groups is 1. The normalized spacial score (nSPS) is 17.6. The van der Waals surface area contributed by atoms with Crippen molar-refractivity contribution in [3.63, 3.8) is 0 Å². The molecular weight excluding hydrogens is 446 g/mol. The van der Waals surface area contributed by atoms with Crippen molar-refractivity contribution in [1.82, 2.24) is 15.3 Å². The Labute approximate surface area is 215 Å². The number of benzene rings is 2. The summed E-state index contributed by atoms with van der Waals surface area (Å²) >= 11 is 0. The summed E-state index contributed by atoms with van der Waals surface area (Å²) < 4.78 is 0. The van der Waals surface area contributed by atoms with Crippen molar-refractivity contribution < 1.29 is 4.79 Å². The van der Waals surface area contributed by atoms with Gasteiger partial charge in [0.2, 0.25) is 5.95 Å². The Bertz CT molecular complexity index is 1120. The minimum atomic E-state index is 0.0365. The third-order valence-electron chi connectivity index (χ3n) is 7.19. The van der Waals surface area contributed by atoms with Gasteiger partial charge >= 0.3 is 0 Å². The molecular formula is C30H41N5O. The van der Waals surface area contributed by atoms with E-state index in [1.807, 2.05) is 49.3 Å². The first-order valence-corrected chi connectivity index (χ1v) is 13.6. The van der Waals surface area contributed by atoms with E-state index in [-0.39, 0.29) is 11.9 Å². The van der Waals surface area contributed by atoms with Crippen molar-refractivity contribution in [1.29, 1.82) is 0 Å². The molecule has 1 aliphatic carbocycles. The van der Waals surface area contributed by atoms with Crippen LogP contribution in [0, 0.1) is 0 Å². The molecule has 0 atom stereocenters. The standard InChI is InChI=1S/C30H41N5O/c1-4-5-6-7-8-11-22-14-16-23(17-15-22)29(36)31-24-18-20-25(21-19-24)32-30-33-27-13-10-9-12-26(27)28(34-30)35(2)3/h9-10,12-17,24-25H,4-8,11,18-21H2,1-3H3,(H,31,36)(H,32,33,34)/t24-,25+. The molecule has 0 bridgehead atoms. The number of hydrogen-bond donors (Lipinski definition) is 2. The Morgan fingerprint density at radius 2 is 1.58 bits per heavy atom. The molecule has 1 aliphatic rings. The van der Waals surface area contributed by atoms with E-state index in [2.05, 4.69) is 35.8 Å². The highest BCUT2D eigenvalue weighted by Crippen LogP contribution is 2.26. The molecule has 6 nitrogen and oxygen atoms in total. The molecule has 0 radical (unpaired) electrons. The number of nitrogens with one attached hydrogen (secondary N) is 2. The zero-order valence-electron chi connectivity index (χ0n) is 22.1. The molecule has 1 saturated carbocycles. The van der Waals surface area contributed by atoms with Gasteiger partial charge in [0, 0.05) is 37.1 Å². The molecule has 2 aromatic carbocycles. The highest BCUT2D eigenvalue weighted by molar-refractivity contribution is 5.94. The first-order chi connectivity index (χ1) is 17.5. The minimum absolute atomic E-state index is 0.0365. The summed E-state index contributed by atoms with van der Waals surface area (Å²) in [6, 6.07) is 16.8. The molecule has 1 fully saturated rings. The first-order valence-electron chi connectivity index (χ1n) is 13.6. The maximum Gasteiger partial charge on any atom is 0.251 e. The zero-order chi connectivity index (χ0) is 25.3. The molecule has 0 aliphatic heterocycles. The van der Waals surface area contributed by atoms with Crippen molar-refractivity contribution in [3.05, 3.63) is 59.7 Å². The van der Waals surface area contributed by atoms with Crippen molar-refractivity contribution in [2.24, 2.45) is 0 Å². The second-order valence-electron chi connectivity index (χ2n) is 10.3. The van der Waals surface area contributed by atoms with E-state index in [1.165, 1.54) is 37.7 Å². The van der Waals surface area contributed by atoms with Gasteiger partial charge in [0.1, 0.15) is 5.82 Å². The lowest BCUT2D eigenvalue weighted by Crippen LogP contribution is -2.40. The summed E-state index contributed by atoms with van der Waals surface area (Å²) in [6.45, 7) is 2.24. The van der Waals surface area contributed by atoms with Gasteiger partial charge in [-0.1, -0.05) is 56.9 Å². The van der Waals surface area contributed by atoms with Crippen LogP contribution in [0.1, 0.15) is 80.6 Å². The topological polar surface area (TPSA) is 70.2 Å². The van der Waals surface area contributed by atoms with Crippen molar-refractivity contribution in [2.75, 3.05) is 24.3 Å². The van der Waals surface area contributed by atoms with E-state index in [1.54, 1.807) is 0 Å². The molecule has 3 aromatic rings. The molecule has 0 saturated heterocycles. The molecule has 192 valence electrons. The number of hydrogen-bond acceptors (Lipinski definition) is 5. The third-order valence-corrected chi connectivity index (χ3v) is 7.19. The Hall–Kier alpha value is -3.15. The molecule has 0 unspecified atom stereocenters. The van der Waals surface area contributed by atoms with Crippen LogP contribution in [0.2, 0.25) is 0 Å². The summed E-state index contributed by atoms with van der Waals surface area (Å²) in [7, 11) is 4.02. The quantitative estimate of drug-likeness (QED) is 0.308. The SMILES string of the molecule is CCCCCCCc1ccc(C(=O)N[C@H]2CC[C@@H](Nc3nc(N(C)C)c4ccccc4n3)CC2)cc1. The summed E-state index contributed by atoms with van der Waals surface area (Å²) in [4.78, 5) is 24.3. The number of aromatic nitrogens is 2. The number of carbonyl (C=O) groups excluding carboxylic acids is 1. The van der Waals surface area contributed by atoms with Gasteiger partial charge in [0.25, 0.3) is 5.91 Å². The zero-order valence-corrected chi connectivity index (χ0v) is 22.1. The largest absolute Gasteiger partial charge is 0.362 e. The number of anilines is 2. The fourth-order valence-electron chi connectivity index (χ4n) is 5.05. The fourth-order valence-corrected chi connectivity index (χ4v) is 5.05. The second kappa shape index (κ2) is 12.7. The second-order valence-corrected chi connectivity index (χ2v) is 10.3. The van der Waals surface area contributed by atoms with E-state index in [0.717, 1.165) is 54.4 Å². The van der Waals surface area contributed by atoms with Gasteiger partial charge in [-0.15, -0.1) is 0 Å². The number of unbranched alkanes of at least 4 members (excludes halogenated alkanes) is 4. The van der Waals surface area contributed by atoms with Crippen molar-refractivity contribution in [3.8, 4) is 0 Å². The first kappa shape index (κ1) is 25.9. The maximum absolute atomic E-state index is 12.8. The summed E-state index contributed by atoms with van der Waals surface area (Å²) in [5.41, 5.74) is 3.02. The van der Waals surface area contributed by atoms with Gasteiger partial charge in [-0.05, 0) is 68.4 Å². The maximum atomic E-state index is 12.8. The predicted molar refractivity (Wildman–Crippen MR) is 150 cm³/mol. The van der Waals surface area contributed by atoms with Crippen LogP contribution >= 0.6 is 0 Å². The van der Waals surface area contributed by atoms with Crippen molar-refractivity contribution in [2.45, 2.75) is 83.2 Å². The Morgan fingerprint density at radius 1 is 0.889 bits per heavy atom. The number of para-hydroxylation sites is 1. The van der Waals surface area contributed by atoms with Crippen LogP contribution in [0.3, 0.4) is 0 Å². The smallest absolute Gasteiger partial charge is 0.251 e. The molecule has 6 heteroatoms. The Balaban J connectivity index is 1.25. The predicted octanol–water partition coefficient (Wildman–Crippen LogP) is 6.36. The highest BCUT2D eigenvalue weighted by atomic mass is 16.1. The van der Waals surface area contributed by atoms with Crippen molar-refractivity contribution >= 4 is 28.6 Å². The lowest BCUT2D eigenvalue weighted by atomic mass is 9.91. The van der Waals surface area contributed by atoms with Crippen LogP contribution in [0.15, 0.2) is 48.5 Å². The lowest BCUT2D eigenvalue weighted by Gasteiger charge is -2.30. The van der Waals surface area contributed by atoms with Gasteiger partial charge in [-0.25, -0.2) is 4.98 Å². The molecule has 1 aromatic heterocycles. The summed E-state index contributed by atoms with van der Waals surface area (Å²) in [5, 5.41) is 7.85. The van der Waals surface area contributed by atoms with Crippen LogP contribution in [-0.4, -0.2) is 42.1 Å². The summed E-state index contributed by atoms with van der Waals surface area (Å²) in [5.74, 6) is 1.64. The Morgan fingerprint density at radius 3 is 2.31 bits per heavy atom. The summed E-state index contributed by atoms with van der Waals surface area (Å²) in [6.07, 6.45) is 11.4. The fraction of sp³-hybridized carbons (Fsp3) is 0.500. The molecule has 2 N–H and O–H groups in total. The van der Waals surface area contributed by atoms with Gasteiger partial charge in [0.05, 0.1) is 5.52 Å². The van der Waals surface area contributed by atoms with E-state index < -0.39 is 0 Å². The Kier molecular flexibility index (Phi) is 9.15. The molecule has 1 heterocycles. The van der Waals surface area contributed by atoms with Crippen LogP contribution in [-0.2, 0) is 6.42 Å². The number of aryl methyl sites for hydroxylation is 1. The number of rotatable bonds is 11. The molecule has 0 spiro atoms. The van der Waals surface area contributed by atoms with E-state index in [0.29, 0.717) is 12.0 Å². The number of amides is 1. The molecule has 36 heavy (non-hydrogen) atoms. The van der Waals surface area contributed by atoms with Gasteiger partial charge in [-0.3, -0.25) is 4.79 Å². The third kappa shape index (κ3) is 6.96. The number of fused-ring (bicyclic) bond motifs is 1. The average Bonchev–Trinajstić information content (AvgIpc) is 2.89. The van der Waals surface area contributed by atoms with Crippen LogP contribution in [0.25, 0.3) is 10.9 Å². The monoisotopic (exact) mass is 487 g/mol.